The topological polar surface area (TPSA) is 80.8 Å². The zero-order valence-electron chi connectivity index (χ0n) is 22.3. The summed E-state index contributed by atoms with van der Waals surface area (Å²) in [6.45, 7) is 9.56. The first-order valence-electron chi connectivity index (χ1n) is 12.2. The average molecular weight is 532 g/mol. The number of aryl methyl sites for hydroxylation is 3. The van der Waals surface area contributed by atoms with Crippen LogP contribution in [-0.4, -0.2) is 55.5 Å². The summed E-state index contributed by atoms with van der Waals surface area (Å²) < 4.78 is 32.1. The van der Waals surface area contributed by atoms with E-state index in [0.717, 1.165) is 28.0 Å². The molecule has 0 N–H and O–H groups in total. The van der Waals surface area contributed by atoms with Gasteiger partial charge in [-0.2, -0.15) is 0 Å². The Hall–Kier alpha value is -2.16. The Morgan fingerprint density at radius 3 is 2.17 bits per heavy atom. The Bertz CT molecular complexity index is 1210. The van der Waals surface area contributed by atoms with Crippen molar-refractivity contribution in [2.45, 2.75) is 58.0 Å². The number of sulfonamides is 1. The van der Waals surface area contributed by atoms with Crippen molar-refractivity contribution in [1.29, 1.82) is 0 Å². The van der Waals surface area contributed by atoms with Gasteiger partial charge in [0, 0.05) is 29.5 Å². The second kappa shape index (κ2) is 11.1. The molecule has 0 bridgehead atoms. The SMILES string of the molecule is CSc1ccc(C(=O)[C@H]2CN(S(C)(=O)=O)C[C@@H]2CCc2cc(C)c(OC(C)(C)C(C)=O)c(C)c2)cc1. The van der Waals surface area contributed by atoms with E-state index in [1.165, 1.54) is 17.5 Å². The van der Waals surface area contributed by atoms with E-state index >= 15 is 0 Å². The second-order valence-electron chi connectivity index (χ2n) is 10.3. The molecule has 1 aliphatic heterocycles. The Balaban J connectivity index is 1.79. The number of ether oxygens (including phenoxy) is 1. The van der Waals surface area contributed by atoms with Gasteiger partial charge < -0.3 is 4.74 Å². The lowest BCUT2D eigenvalue weighted by Gasteiger charge is -2.26. The van der Waals surface area contributed by atoms with Crippen molar-refractivity contribution < 1.29 is 22.7 Å². The van der Waals surface area contributed by atoms with Crippen molar-refractivity contribution >= 4 is 33.4 Å². The van der Waals surface area contributed by atoms with Crippen molar-refractivity contribution in [2.24, 2.45) is 11.8 Å². The molecule has 0 spiro atoms. The number of carbonyl (C=O) groups is 2. The van der Waals surface area contributed by atoms with Gasteiger partial charge in [-0.1, -0.05) is 24.3 Å². The molecule has 2 aromatic rings. The number of rotatable bonds is 10. The van der Waals surface area contributed by atoms with Crippen molar-refractivity contribution in [3.05, 3.63) is 58.7 Å². The van der Waals surface area contributed by atoms with Gasteiger partial charge in [-0.3, -0.25) is 9.59 Å². The number of benzene rings is 2. The number of Topliss-reactive ketones (excluding diaryl/α,β-unsaturated/α-hetero) is 2. The Morgan fingerprint density at radius 1 is 1.08 bits per heavy atom. The van der Waals surface area contributed by atoms with Gasteiger partial charge in [0.15, 0.2) is 17.2 Å². The lowest BCUT2D eigenvalue weighted by molar-refractivity contribution is -0.129. The Labute approximate surface area is 219 Å². The molecule has 0 aromatic heterocycles. The highest BCUT2D eigenvalue weighted by Gasteiger charge is 2.40. The smallest absolute Gasteiger partial charge is 0.211 e. The van der Waals surface area contributed by atoms with Crippen LogP contribution in [-0.2, 0) is 21.2 Å². The molecule has 196 valence electrons. The fourth-order valence-electron chi connectivity index (χ4n) is 4.69. The third-order valence-corrected chi connectivity index (χ3v) is 9.10. The first-order valence-corrected chi connectivity index (χ1v) is 15.2. The van der Waals surface area contributed by atoms with Gasteiger partial charge >= 0.3 is 0 Å². The second-order valence-corrected chi connectivity index (χ2v) is 13.2. The summed E-state index contributed by atoms with van der Waals surface area (Å²) in [4.78, 5) is 26.4. The third-order valence-electron chi connectivity index (χ3n) is 7.12. The zero-order valence-corrected chi connectivity index (χ0v) is 23.9. The maximum atomic E-state index is 13.4. The van der Waals surface area contributed by atoms with E-state index in [2.05, 4.69) is 12.1 Å². The number of nitrogens with zero attached hydrogens (tertiary/aromatic N) is 1. The zero-order chi connectivity index (χ0) is 26.8. The summed E-state index contributed by atoms with van der Waals surface area (Å²) in [5.41, 5.74) is 2.72. The van der Waals surface area contributed by atoms with Crippen LogP contribution in [0.25, 0.3) is 0 Å². The van der Waals surface area contributed by atoms with Crippen LogP contribution in [0, 0.1) is 25.7 Å². The first-order chi connectivity index (χ1) is 16.7. The molecule has 6 nitrogen and oxygen atoms in total. The molecule has 0 radical (unpaired) electrons. The molecule has 8 heteroatoms. The van der Waals surface area contributed by atoms with Crippen molar-refractivity contribution in [2.75, 3.05) is 25.6 Å². The molecule has 0 aliphatic carbocycles. The fourth-order valence-corrected chi connectivity index (χ4v) is 5.99. The molecule has 36 heavy (non-hydrogen) atoms. The van der Waals surface area contributed by atoms with Crippen LogP contribution < -0.4 is 4.74 Å². The molecular weight excluding hydrogens is 494 g/mol. The van der Waals surface area contributed by atoms with Crippen LogP contribution in [0.15, 0.2) is 41.3 Å². The van der Waals surface area contributed by atoms with E-state index in [4.69, 9.17) is 4.74 Å². The van der Waals surface area contributed by atoms with Gasteiger partial charge in [0.1, 0.15) is 5.75 Å². The third kappa shape index (κ3) is 6.58. The van der Waals surface area contributed by atoms with Gasteiger partial charge in [0.25, 0.3) is 0 Å². The molecule has 1 saturated heterocycles. The van der Waals surface area contributed by atoms with Gasteiger partial charge in [-0.15, -0.1) is 11.8 Å². The predicted molar refractivity (Wildman–Crippen MR) is 146 cm³/mol. The fraction of sp³-hybridized carbons (Fsp3) is 0.500. The van der Waals surface area contributed by atoms with Crippen molar-refractivity contribution in [3.8, 4) is 5.75 Å². The molecule has 2 aromatic carbocycles. The number of ketones is 2. The minimum absolute atomic E-state index is 0.00127. The minimum atomic E-state index is -3.39. The summed E-state index contributed by atoms with van der Waals surface area (Å²) in [6.07, 6.45) is 4.61. The van der Waals surface area contributed by atoms with Crippen LogP contribution in [0.5, 0.6) is 5.75 Å². The van der Waals surface area contributed by atoms with Crippen molar-refractivity contribution in [1.82, 2.24) is 4.31 Å². The van der Waals surface area contributed by atoms with E-state index in [0.29, 0.717) is 24.3 Å². The number of carbonyl (C=O) groups excluding carboxylic acids is 2. The average Bonchev–Trinajstić information content (AvgIpc) is 3.24. The molecule has 1 heterocycles. The summed E-state index contributed by atoms with van der Waals surface area (Å²) >= 11 is 1.61. The normalized spacial score (nSPS) is 18.9. The predicted octanol–water partition coefficient (Wildman–Crippen LogP) is 5.09. The first kappa shape index (κ1) is 28.4. The molecule has 1 aliphatic rings. The monoisotopic (exact) mass is 531 g/mol. The van der Waals surface area contributed by atoms with Crippen LogP contribution >= 0.6 is 11.8 Å². The summed E-state index contributed by atoms with van der Waals surface area (Å²) in [5.74, 6) is 0.230. The molecule has 0 saturated carbocycles. The molecule has 1 fully saturated rings. The molecule has 0 unspecified atom stereocenters. The summed E-state index contributed by atoms with van der Waals surface area (Å²) in [6, 6.07) is 11.6. The quantitative estimate of drug-likeness (QED) is 0.314. The van der Waals surface area contributed by atoms with Gasteiger partial charge in [0.05, 0.1) is 6.26 Å². The van der Waals surface area contributed by atoms with E-state index in [-0.39, 0.29) is 29.9 Å². The molecule has 0 amide bonds. The van der Waals surface area contributed by atoms with E-state index < -0.39 is 15.6 Å². The molecule has 2 atom stereocenters. The van der Waals surface area contributed by atoms with E-state index in [1.807, 2.05) is 44.4 Å². The highest BCUT2D eigenvalue weighted by Crippen LogP contribution is 2.34. The van der Waals surface area contributed by atoms with Gasteiger partial charge in [0.2, 0.25) is 10.0 Å². The highest BCUT2D eigenvalue weighted by atomic mass is 32.2. The Morgan fingerprint density at radius 2 is 1.67 bits per heavy atom. The number of hydrogen-bond acceptors (Lipinski definition) is 6. The van der Waals surface area contributed by atoms with Crippen LogP contribution in [0.4, 0.5) is 0 Å². The van der Waals surface area contributed by atoms with Crippen LogP contribution in [0.2, 0.25) is 0 Å². The largest absolute Gasteiger partial charge is 0.480 e. The van der Waals surface area contributed by atoms with Gasteiger partial charge in [-0.25, -0.2) is 12.7 Å². The van der Waals surface area contributed by atoms with Crippen LogP contribution in [0.3, 0.4) is 0 Å². The van der Waals surface area contributed by atoms with Gasteiger partial charge in [-0.05, 0) is 88.5 Å². The highest BCUT2D eigenvalue weighted by molar-refractivity contribution is 7.98. The van der Waals surface area contributed by atoms with E-state index in [9.17, 15) is 18.0 Å². The molecular formula is C28H37NO5S2. The Kier molecular flexibility index (Phi) is 8.74. The lowest BCUT2D eigenvalue weighted by Crippen LogP contribution is -2.36. The maximum absolute atomic E-state index is 13.4. The minimum Gasteiger partial charge on any atom is -0.480 e. The van der Waals surface area contributed by atoms with Crippen molar-refractivity contribution in [3.63, 3.8) is 0 Å². The maximum Gasteiger partial charge on any atom is 0.211 e. The summed E-state index contributed by atoms with van der Waals surface area (Å²) in [7, 11) is -3.39. The van der Waals surface area contributed by atoms with E-state index in [1.54, 1.807) is 25.6 Å². The number of thioether (sulfide) groups is 1. The lowest BCUT2D eigenvalue weighted by atomic mass is 9.84. The van der Waals surface area contributed by atoms with Crippen LogP contribution in [0.1, 0.15) is 54.2 Å². The summed E-state index contributed by atoms with van der Waals surface area (Å²) in [5, 5.41) is 0. The standard InChI is InChI=1S/C28H37NO5S2/c1-18-14-21(15-19(2)27(18)34-28(4,5)20(3)30)8-9-23-16-29(36(7,32)33)17-25(23)26(31)22-10-12-24(35-6)13-11-22/h10-15,23,25H,8-9,16-17H2,1-7H3/t23-,25-/m0/s1. The molecule has 3 rings (SSSR count). The number of hydrogen-bond donors (Lipinski definition) is 0.